The lowest BCUT2D eigenvalue weighted by atomic mass is 10.0. The third kappa shape index (κ3) is 6.06. The monoisotopic (exact) mass is 478 g/mol. The zero-order valence-electron chi connectivity index (χ0n) is 19.1. The topological polar surface area (TPSA) is 135 Å². The van der Waals surface area contributed by atoms with Crippen LogP contribution >= 0.6 is 0 Å². The van der Waals surface area contributed by atoms with Crippen LogP contribution in [0.15, 0.2) is 96.2 Å². The Morgan fingerprint density at radius 2 is 1.47 bits per heavy atom. The van der Waals surface area contributed by atoms with Crippen molar-refractivity contribution in [1.29, 1.82) is 0 Å². The predicted molar refractivity (Wildman–Crippen MR) is 137 cm³/mol. The average molecular weight is 479 g/mol. The number of benzene rings is 3. The molecule has 0 aliphatic rings. The van der Waals surface area contributed by atoms with Gasteiger partial charge in [-0.3, -0.25) is 19.6 Å². The van der Waals surface area contributed by atoms with Gasteiger partial charge >= 0.3 is 5.97 Å². The summed E-state index contributed by atoms with van der Waals surface area (Å²) in [6.45, 7) is 0. The fraction of sp³-hybridized carbons (Fsp3) is 0.0357. The first-order valence-corrected chi connectivity index (χ1v) is 11.0. The molecule has 0 spiro atoms. The molecule has 178 valence electrons. The van der Waals surface area contributed by atoms with E-state index in [1.165, 1.54) is 18.2 Å². The normalized spacial score (nSPS) is 10.8. The number of primary amides is 1. The zero-order valence-corrected chi connectivity index (χ0v) is 19.1. The van der Waals surface area contributed by atoms with Crippen LogP contribution in [0.5, 0.6) is 0 Å². The number of aromatic carboxylic acids is 1. The van der Waals surface area contributed by atoms with Crippen molar-refractivity contribution in [2.45, 2.75) is 6.42 Å². The number of hydrogen-bond acceptors (Lipinski definition) is 5. The molecule has 0 saturated carbocycles. The standard InChI is InChI=1S/C28H22N4O4/c29-26(33)21-5-1-18(2-6-21)15-19-3-8-23(9-4-19)32-27(34)24-10-7-22(28(35)36)16-25(24)31-17-20-11-13-30-14-12-20/h1-14,16-17H,15H2,(H2,29,33)(H,32,34)(H,35,36). The number of carbonyl (C=O) groups is 3. The minimum Gasteiger partial charge on any atom is -0.478 e. The Morgan fingerprint density at radius 1 is 0.861 bits per heavy atom. The Kier molecular flexibility index (Phi) is 7.26. The fourth-order valence-corrected chi connectivity index (χ4v) is 3.48. The maximum Gasteiger partial charge on any atom is 0.335 e. The van der Waals surface area contributed by atoms with Gasteiger partial charge in [-0.1, -0.05) is 24.3 Å². The van der Waals surface area contributed by atoms with E-state index in [0.29, 0.717) is 17.7 Å². The molecule has 0 unspecified atom stereocenters. The summed E-state index contributed by atoms with van der Waals surface area (Å²) < 4.78 is 0. The van der Waals surface area contributed by atoms with Gasteiger partial charge in [0.15, 0.2) is 0 Å². The molecule has 0 atom stereocenters. The fourth-order valence-electron chi connectivity index (χ4n) is 3.48. The second-order valence-corrected chi connectivity index (χ2v) is 7.96. The van der Waals surface area contributed by atoms with Crippen molar-refractivity contribution in [2.24, 2.45) is 10.7 Å². The van der Waals surface area contributed by atoms with Gasteiger partial charge in [0.05, 0.1) is 16.8 Å². The van der Waals surface area contributed by atoms with E-state index in [1.807, 2.05) is 24.3 Å². The largest absolute Gasteiger partial charge is 0.478 e. The number of carboxylic acids is 1. The van der Waals surface area contributed by atoms with Gasteiger partial charge in [0.1, 0.15) is 0 Å². The van der Waals surface area contributed by atoms with Crippen molar-refractivity contribution in [1.82, 2.24) is 4.98 Å². The molecule has 1 heterocycles. The number of aromatic nitrogens is 1. The summed E-state index contributed by atoms with van der Waals surface area (Å²) in [5.74, 6) is -1.99. The maximum atomic E-state index is 13.0. The summed E-state index contributed by atoms with van der Waals surface area (Å²) in [4.78, 5) is 44.0. The van der Waals surface area contributed by atoms with Crippen LogP contribution in [0.2, 0.25) is 0 Å². The van der Waals surface area contributed by atoms with E-state index >= 15 is 0 Å². The number of nitrogens with zero attached hydrogens (tertiary/aromatic N) is 2. The van der Waals surface area contributed by atoms with Crippen LogP contribution in [-0.2, 0) is 6.42 Å². The molecule has 36 heavy (non-hydrogen) atoms. The van der Waals surface area contributed by atoms with Gasteiger partial charge in [-0.25, -0.2) is 4.79 Å². The molecule has 1 aromatic heterocycles. The van der Waals surface area contributed by atoms with Crippen molar-refractivity contribution in [3.8, 4) is 0 Å². The molecule has 0 fully saturated rings. The van der Waals surface area contributed by atoms with Crippen molar-refractivity contribution in [2.75, 3.05) is 5.32 Å². The molecule has 3 aromatic carbocycles. The number of carboxylic acid groups (broad SMARTS) is 1. The second kappa shape index (κ2) is 10.9. The molecule has 0 bridgehead atoms. The highest BCUT2D eigenvalue weighted by molar-refractivity contribution is 6.09. The quantitative estimate of drug-likeness (QED) is 0.321. The van der Waals surface area contributed by atoms with Crippen molar-refractivity contribution in [3.05, 3.63) is 125 Å². The Hall–Kier alpha value is -5.11. The van der Waals surface area contributed by atoms with Crippen LogP contribution in [0.25, 0.3) is 0 Å². The van der Waals surface area contributed by atoms with E-state index in [2.05, 4.69) is 15.3 Å². The summed E-state index contributed by atoms with van der Waals surface area (Å²) in [5.41, 5.74) is 9.63. The van der Waals surface area contributed by atoms with Crippen LogP contribution in [0, 0.1) is 0 Å². The average Bonchev–Trinajstić information content (AvgIpc) is 2.89. The van der Waals surface area contributed by atoms with Gasteiger partial charge in [0, 0.05) is 29.9 Å². The van der Waals surface area contributed by atoms with E-state index in [0.717, 1.165) is 16.7 Å². The zero-order chi connectivity index (χ0) is 25.5. The summed E-state index contributed by atoms with van der Waals surface area (Å²) in [6.07, 6.45) is 5.42. The molecular formula is C28H22N4O4. The lowest BCUT2D eigenvalue weighted by molar-refractivity contribution is 0.0696. The molecule has 0 aliphatic carbocycles. The Balaban J connectivity index is 1.49. The third-order valence-corrected chi connectivity index (χ3v) is 5.41. The maximum absolute atomic E-state index is 13.0. The summed E-state index contributed by atoms with van der Waals surface area (Å²) in [7, 11) is 0. The molecule has 4 rings (SSSR count). The molecule has 0 radical (unpaired) electrons. The van der Waals surface area contributed by atoms with Crippen LogP contribution in [0.1, 0.15) is 47.8 Å². The SMILES string of the molecule is NC(=O)c1ccc(Cc2ccc(NC(=O)c3ccc(C(=O)O)cc3N=Cc3ccncc3)cc2)cc1. The van der Waals surface area contributed by atoms with Crippen molar-refractivity contribution < 1.29 is 19.5 Å². The Bertz CT molecular complexity index is 1430. The first-order chi connectivity index (χ1) is 17.4. The van der Waals surface area contributed by atoms with Crippen LogP contribution < -0.4 is 11.1 Å². The van der Waals surface area contributed by atoms with E-state index in [-0.39, 0.29) is 16.8 Å². The first-order valence-electron chi connectivity index (χ1n) is 11.0. The summed E-state index contributed by atoms with van der Waals surface area (Å²) >= 11 is 0. The number of carbonyl (C=O) groups excluding carboxylic acids is 2. The lowest BCUT2D eigenvalue weighted by Gasteiger charge is -2.10. The number of aliphatic imine (C=N–C) groups is 1. The van der Waals surface area contributed by atoms with E-state index < -0.39 is 17.8 Å². The molecule has 4 N–H and O–H groups in total. The smallest absolute Gasteiger partial charge is 0.335 e. The number of rotatable bonds is 8. The van der Waals surface area contributed by atoms with Gasteiger partial charge in [0.25, 0.3) is 5.91 Å². The molecule has 8 heteroatoms. The van der Waals surface area contributed by atoms with Gasteiger partial charge in [-0.05, 0) is 77.7 Å². The first kappa shape index (κ1) is 24.0. The van der Waals surface area contributed by atoms with Crippen LogP contribution in [-0.4, -0.2) is 34.1 Å². The molecular weight excluding hydrogens is 456 g/mol. The Labute approximate surface area is 207 Å². The summed E-state index contributed by atoms with van der Waals surface area (Å²) in [6, 6.07) is 22.1. The third-order valence-electron chi connectivity index (χ3n) is 5.41. The highest BCUT2D eigenvalue weighted by Crippen LogP contribution is 2.23. The number of hydrogen-bond donors (Lipinski definition) is 3. The number of pyridine rings is 1. The number of anilines is 1. The number of nitrogens with two attached hydrogens (primary N) is 1. The van der Waals surface area contributed by atoms with Crippen molar-refractivity contribution in [3.63, 3.8) is 0 Å². The second-order valence-electron chi connectivity index (χ2n) is 7.96. The number of nitrogens with one attached hydrogen (secondary N) is 1. The van der Waals surface area contributed by atoms with E-state index in [1.54, 1.807) is 55.0 Å². The molecule has 4 aromatic rings. The predicted octanol–water partition coefficient (Wildman–Crippen LogP) is 4.47. The Morgan fingerprint density at radius 3 is 2.08 bits per heavy atom. The minimum absolute atomic E-state index is 0.0293. The van der Waals surface area contributed by atoms with E-state index in [4.69, 9.17) is 5.73 Å². The number of amides is 2. The molecule has 8 nitrogen and oxygen atoms in total. The van der Waals surface area contributed by atoms with Gasteiger partial charge in [0.2, 0.25) is 5.91 Å². The molecule has 0 aliphatic heterocycles. The minimum atomic E-state index is -1.11. The highest BCUT2D eigenvalue weighted by atomic mass is 16.4. The highest BCUT2D eigenvalue weighted by Gasteiger charge is 2.14. The van der Waals surface area contributed by atoms with E-state index in [9.17, 15) is 19.5 Å². The molecule has 0 saturated heterocycles. The van der Waals surface area contributed by atoms with Crippen LogP contribution in [0.3, 0.4) is 0 Å². The molecule has 2 amide bonds. The summed E-state index contributed by atoms with van der Waals surface area (Å²) in [5, 5.41) is 12.2. The van der Waals surface area contributed by atoms with Gasteiger partial charge in [-0.2, -0.15) is 0 Å². The van der Waals surface area contributed by atoms with Gasteiger partial charge in [-0.15, -0.1) is 0 Å². The van der Waals surface area contributed by atoms with Crippen molar-refractivity contribution >= 4 is 35.4 Å². The lowest BCUT2D eigenvalue weighted by Crippen LogP contribution is -2.13. The van der Waals surface area contributed by atoms with Gasteiger partial charge < -0.3 is 16.2 Å². The van der Waals surface area contributed by atoms with Crippen LogP contribution in [0.4, 0.5) is 11.4 Å².